The zero-order valence-corrected chi connectivity index (χ0v) is 33.6. The summed E-state index contributed by atoms with van der Waals surface area (Å²) >= 11 is 0. The number of nitrogens with zero attached hydrogens (tertiary/aromatic N) is 4. The Kier molecular flexibility index (Phi) is 12.7. The molecule has 2 saturated heterocycles. The van der Waals surface area contributed by atoms with Gasteiger partial charge < -0.3 is 39.9 Å². The highest BCUT2D eigenvalue weighted by Crippen LogP contribution is 2.36. The van der Waals surface area contributed by atoms with Crippen molar-refractivity contribution in [3.8, 4) is 45.5 Å². The van der Waals surface area contributed by atoms with Gasteiger partial charge in [0.25, 0.3) is 0 Å². The van der Waals surface area contributed by atoms with Gasteiger partial charge in [-0.25, -0.2) is 19.6 Å². The fourth-order valence-electron chi connectivity index (χ4n) is 7.72. The number of benzene rings is 2. The number of amides is 4. The molecule has 4 heterocycles. The molecule has 4 atom stereocenters. The van der Waals surface area contributed by atoms with Crippen LogP contribution in [0.2, 0.25) is 0 Å². The topological polar surface area (TPSA) is 175 Å². The first-order valence-electron chi connectivity index (χ1n) is 19.5. The summed E-state index contributed by atoms with van der Waals surface area (Å²) < 4.78 is 9.53. The van der Waals surface area contributed by atoms with Gasteiger partial charge in [0.15, 0.2) is 0 Å². The number of carbonyl (C=O) groups is 4. The van der Waals surface area contributed by atoms with E-state index in [1.807, 2.05) is 58.9 Å². The number of nitrogens with one attached hydrogen (secondary N) is 4. The summed E-state index contributed by atoms with van der Waals surface area (Å²) in [6.45, 7) is 10.6. The first-order chi connectivity index (χ1) is 27.4. The maximum absolute atomic E-state index is 13.6. The van der Waals surface area contributed by atoms with E-state index < -0.39 is 24.3 Å². The average Bonchev–Trinajstić information content (AvgIpc) is 4.05. The van der Waals surface area contributed by atoms with Crippen LogP contribution in [0, 0.1) is 23.7 Å². The molecule has 14 nitrogen and oxygen atoms in total. The van der Waals surface area contributed by atoms with Crippen LogP contribution in [0.5, 0.6) is 0 Å². The molecule has 2 fully saturated rings. The van der Waals surface area contributed by atoms with E-state index in [0.717, 1.165) is 64.9 Å². The second-order valence-corrected chi connectivity index (χ2v) is 15.2. The number of alkyl carbamates (subject to hydrolysis) is 2. The summed E-state index contributed by atoms with van der Waals surface area (Å²) in [5.74, 6) is 7.20. The average molecular weight is 777 g/mol. The van der Waals surface area contributed by atoms with Gasteiger partial charge >= 0.3 is 12.2 Å². The highest BCUT2D eigenvalue weighted by molar-refractivity contribution is 5.87. The third kappa shape index (κ3) is 8.83. The van der Waals surface area contributed by atoms with E-state index >= 15 is 0 Å². The number of hydrogen-bond donors (Lipinski definition) is 4. The van der Waals surface area contributed by atoms with E-state index in [1.165, 1.54) is 14.2 Å². The number of carbonyl (C=O) groups excluding carboxylic acids is 4. The highest BCUT2D eigenvalue weighted by atomic mass is 16.5. The summed E-state index contributed by atoms with van der Waals surface area (Å²) in [5.41, 5.74) is 6.36. The molecule has 300 valence electrons. The molecule has 57 heavy (non-hydrogen) atoms. The molecule has 0 bridgehead atoms. The van der Waals surface area contributed by atoms with Crippen LogP contribution in [0.3, 0.4) is 0 Å². The lowest BCUT2D eigenvalue weighted by Crippen LogP contribution is -2.51. The summed E-state index contributed by atoms with van der Waals surface area (Å²) in [7, 11) is 2.57. The SMILES string of the molecule is CC#Cc1cc(-c2cnc([C@@H]3CCCN3C(=O)[C@@H](NC(=O)OC)C(C)C)[nH]2)ccc1-c1ccc(-c2cnc([C@@H]3CCCN3C(=O)C(NC(=O)OC)C(C)C)[nH]2)cc1. The molecule has 2 aromatic carbocycles. The molecule has 0 radical (unpaired) electrons. The van der Waals surface area contributed by atoms with Crippen molar-refractivity contribution in [1.29, 1.82) is 0 Å². The van der Waals surface area contributed by atoms with Crippen LogP contribution in [-0.4, -0.2) is 93.1 Å². The van der Waals surface area contributed by atoms with Crippen molar-refractivity contribution in [1.82, 2.24) is 40.4 Å². The van der Waals surface area contributed by atoms with Crippen molar-refractivity contribution < 1.29 is 28.7 Å². The summed E-state index contributed by atoms with van der Waals surface area (Å²) in [5, 5.41) is 5.39. The number of methoxy groups -OCH3 is 2. The first kappa shape index (κ1) is 40.6. The molecule has 14 heteroatoms. The number of ether oxygens (including phenoxy) is 2. The Morgan fingerprint density at radius 2 is 1.18 bits per heavy atom. The molecule has 4 aromatic rings. The van der Waals surface area contributed by atoms with Crippen LogP contribution in [0.1, 0.15) is 89.6 Å². The van der Waals surface area contributed by atoms with Crippen LogP contribution in [0.15, 0.2) is 54.9 Å². The van der Waals surface area contributed by atoms with Gasteiger partial charge in [-0.2, -0.15) is 0 Å². The molecule has 2 aliphatic rings. The predicted octanol–water partition coefficient (Wildman–Crippen LogP) is 6.59. The molecule has 4 N–H and O–H groups in total. The fourth-order valence-corrected chi connectivity index (χ4v) is 7.72. The van der Waals surface area contributed by atoms with Gasteiger partial charge in [0.05, 0.1) is 50.1 Å². The van der Waals surface area contributed by atoms with Crippen LogP contribution < -0.4 is 10.6 Å². The molecule has 4 amide bonds. The van der Waals surface area contributed by atoms with E-state index in [4.69, 9.17) is 14.5 Å². The zero-order valence-electron chi connectivity index (χ0n) is 33.6. The lowest BCUT2D eigenvalue weighted by molar-refractivity contribution is -0.136. The highest BCUT2D eigenvalue weighted by Gasteiger charge is 2.39. The minimum Gasteiger partial charge on any atom is -0.453 e. The van der Waals surface area contributed by atoms with Gasteiger partial charge in [-0.3, -0.25) is 9.59 Å². The predicted molar refractivity (Wildman–Crippen MR) is 215 cm³/mol. The molecule has 2 aliphatic heterocycles. The number of H-pyrrole nitrogens is 2. The summed E-state index contributed by atoms with van der Waals surface area (Å²) in [6.07, 6.45) is 5.52. The van der Waals surface area contributed by atoms with E-state index in [1.54, 1.807) is 22.2 Å². The largest absolute Gasteiger partial charge is 0.453 e. The van der Waals surface area contributed by atoms with Gasteiger partial charge in [0.1, 0.15) is 23.7 Å². The molecule has 0 saturated carbocycles. The van der Waals surface area contributed by atoms with E-state index in [2.05, 4.69) is 55.6 Å². The van der Waals surface area contributed by atoms with Crippen LogP contribution >= 0.6 is 0 Å². The number of rotatable bonds is 11. The Hall–Kier alpha value is -6.10. The number of aromatic nitrogens is 4. The maximum Gasteiger partial charge on any atom is 0.407 e. The van der Waals surface area contributed by atoms with Crippen molar-refractivity contribution in [3.63, 3.8) is 0 Å². The molecular formula is C43H52N8O6. The Balaban J connectivity index is 1.17. The quantitative estimate of drug-likeness (QED) is 0.123. The first-order valence-corrected chi connectivity index (χ1v) is 19.5. The van der Waals surface area contributed by atoms with Crippen LogP contribution in [0.4, 0.5) is 9.59 Å². The summed E-state index contributed by atoms with van der Waals surface area (Å²) in [6, 6.07) is 12.5. The van der Waals surface area contributed by atoms with Gasteiger partial charge in [0.2, 0.25) is 11.8 Å². The minimum absolute atomic E-state index is 0.114. The molecular weight excluding hydrogens is 725 g/mol. The lowest BCUT2D eigenvalue weighted by Gasteiger charge is -2.30. The Morgan fingerprint density at radius 3 is 1.63 bits per heavy atom. The molecule has 0 aliphatic carbocycles. The van der Waals surface area contributed by atoms with E-state index in [9.17, 15) is 19.2 Å². The normalized spacial score (nSPS) is 17.6. The van der Waals surface area contributed by atoms with Crippen molar-refractivity contribution in [3.05, 3.63) is 72.1 Å². The molecule has 0 spiro atoms. The van der Waals surface area contributed by atoms with Gasteiger partial charge in [-0.1, -0.05) is 70.0 Å². The van der Waals surface area contributed by atoms with E-state index in [0.29, 0.717) is 24.7 Å². The zero-order chi connectivity index (χ0) is 40.8. The second kappa shape index (κ2) is 17.8. The minimum atomic E-state index is -0.705. The van der Waals surface area contributed by atoms with Crippen LogP contribution in [0.25, 0.3) is 33.6 Å². The van der Waals surface area contributed by atoms with Gasteiger partial charge in [-0.15, -0.1) is 5.92 Å². The molecule has 6 rings (SSSR count). The third-order valence-corrected chi connectivity index (χ3v) is 10.8. The van der Waals surface area contributed by atoms with E-state index in [-0.39, 0.29) is 35.7 Å². The monoisotopic (exact) mass is 776 g/mol. The molecule has 1 unspecified atom stereocenters. The number of imidazole rings is 2. The Morgan fingerprint density at radius 1 is 0.719 bits per heavy atom. The number of hydrogen-bond acceptors (Lipinski definition) is 8. The summed E-state index contributed by atoms with van der Waals surface area (Å²) in [4.78, 5) is 71.1. The second-order valence-electron chi connectivity index (χ2n) is 15.2. The lowest BCUT2D eigenvalue weighted by atomic mass is 9.96. The number of aromatic amines is 2. The standard InChI is InChI=1S/C43H52N8O6/c1-8-11-29-22-30(33-24-45-39(47-33)35-13-10-21-51(35)41(53)37(26(4)5)49-43(55)57-7)18-19-31(29)27-14-16-28(17-15-27)32-23-44-38(46-32)34-12-9-20-50(34)40(52)36(25(2)3)48-42(54)56-6/h14-19,22-26,34-37H,9-10,12-13,20-21H2,1-7H3,(H,44,46)(H,45,47)(H,48,54)(H,49,55)/t34-,35-,36?,37-/m0/s1. The van der Waals surface area contributed by atoms with Crippen molar-refractivity contribution in [2.24, 2.45) is 11.8 Å². The Labute approximate surface area is 333 Å². The molecule has 2 aromatic heterocycles. The smallest absolute Gasteiger partial charge is 0.407 e. The maximum atomic E-state index is 13.6. The van der Waals surface area contributed by atoms with Gasteiger partial charge in [-0.05, 0) is 67.2 Å². The van der Waals surface area contributed by atoms with Crippen LogP contribution in [-0.2, 0) is 19.1 Å². The van der Waals surface area contributed by atoms with Crippen molar-refractivity contribution in [2.75, 3.05) is 27.3 Å². The van der Waals surface area contributed by atoms with Crippen molar-refractivity contribution >= 4 is 24.0 Å². The fraction of sp³-hybridized carbons (Fsp3) is 0.442. The Bertz CT molecular complexity index is 2150. The van der Waals surface area contributed by atoms with Crippen molar-refractivity contribution in [2.45, 2.75) is 84.5 Å². The third-order valence-electron chi connectivity index (χ3n) is 10.8. The van der Waals surface area contributed by atoms with Gasteiger partial charge in [0, 0.05) is 24.2 Å². The number of likely N-dealkylation sites (tertiary alicyclic amines) is 2.